The lowest BCUT2D eigenvalue weighted by molar-refractivity contribution is -0.125. The first kappa shape index (κ1) is 18.7. The van der Waals surface area contributed by atoms with E-state index >= 15 is 0 Å². The molecule has 0 unspecified atom stereocenters. The number of hydrogen-bond donors (Lipinski definition) is 4. The Morgan fingerprint density at radius 3 is 2.67 bits per heavy atom. The second-order valence-corrected chi connectivity index (χ2v) is 7.49. The monoisotopic (exact) mass is 359 g/mol. The van der Waals surface area contributed by atoms with Crippen molar-refractivity contribution in [2.45, 2.75) is 37.4 Å². The van der Waals surface area contributed by atoms with Gasteiger partial charge in [-0.15, -0.1) is 0 Å². The minimum atomic E-state index is -3.44. The summed E-state index contributed by atoms with van der Waals surface area (Å²) in [5, 5.41) is 22.5. The van der Waals surface area contributed by atoms with E-state index in [2.05, 4.69) is 15.0 Å². The van der Waals surface area contributed by atoms with Gasteiger partial charge < -0.3 is 20.3 Å². The molecule has 1 saturated heterocycles. The van der Waals surface area contributed by atoms with Crippen molar-refractivity contribution in [3.8, 4) is 0 Å². The molecule has 0 aromatic carbocycles. The third-order valence-electron chi connectivity index (χ3n) is 3.61. The van der Waals surface area contributed by atoms with Crippen molar-refractivity contribution in [1.82, 2.24) is 15.0 Å². The molecule has 1 aromatic rings. The second-order valence-electron chi connectivity index (χ2n) is 5.66. The number of aliphatic hydroxyl groups is 2. The molecule has 0 bridgehead atoms. The Morgan fingerprint density at radius 1 is 1.33 bits per heavy atom. The highest BCUT2D eigenvalue weighted by Gasteiger charge is 2.43. The number of nitrogens with zero attached hydrogens (tertiary/aromatic N) is 1. The zero-order valence-electron chi connectivity index (χ0n) is 13.1. The number of amides is 1. The molecular weight excluding hydrogens is 338 g/mol. The largest absolute Gasteiger partial charge is 0.388 e. The summed E-state index contributed by atoms with van der Waals surface area (Å²) in [5.41, 5.74) is 0.828. The lowest BCUT2D eigenvalue weighted by Crippen LogP contribution is -2.39. The zero-order valence-corrected chi connectivity index (χ0v) is 13.9. The predicted molar refractivity (Wildman–Crippen MR) is 84.2 cm³/mol. The Hall–Kier alpha value is -1.59. The van der Waals surface area contributed by atoms with Gasteiger partial charge in [-0.1, -0.05) is 6.07 Å². The number of rotatable bonds is 7. The lowest BCUT2D eigenvalue weighted by Gasteiger charge is -2.14. The normalized spacial score (nSPS) is 27.1. The first-order valence-corrected chi connectivity index (χ1v) is 9.27. The number of nitrogens with one attached hydrogen (secondary N) is 2. The van der Waals surface area contributed by atoms with Gasteiger partial charge in [-0.25, -0.2) is 13.1 Å². The highest BCUT2D eigenvalue weighted by molar-refractivity contribution is 7.88. The van der Waals surface area contributed by atoms with E-state index in [1.54, 1.807) is 18.5 Å². The first-order chi connectivity index (χ1) is 11.3. The number of sulfonamides is 1. The zero-order chi connectivity index (χ0) is 17.7. The van der Waals surface area contributed by atoms with Crippen LogP contribution in [-0.4, -0.2) is 66.7 Å². The van der Waals surface area contributed by atoms with Gasteiger partial charge in [-0.05, 0) is 11.6 Å². The molecule has 1 amide bonds. The fourth-order valence-corrected chi connectivity index (χ4v) is 2.82. The van der Waals surface area contributed by atoms with E-state index in [9.17, 15) is 23.4 Å². The van der Waals surface area contributed by atoms with Crippen molar-refractivity contribution >= 4 is 15.9 Å². The third kappa shape index (κ3) is 5.49. The Balaban J connectivity index is 1.82. The highest BCUT2D eigenvalue weighted by atomic mass is 32.2. The van der Waals surface area contributed by atoms with E-state index < -0.39 is 34.4 Å². The van der Waals surface area contributed by atoms with Crippen LogP contribution in [0.25, 0.3) is 0 Å². The van der Waals surface area contributed by atoms with Crippen molar-refractivity contribution in [1.29, 1.82) is 0 Å². The van der Waals surface area contributed by atoms with Gasteiger partial charge in [0.05, 0.1) is 18.8 Å². The number of carbonyl (C=O) groups excluding carboxylic acids is 1. The van der Waals surface area contributed by atoms with E-state index in [1.165, 1.54) is 0 Å². The summed E-state index contributed by atoms with van der Waals surface area (Å²) in [6.07, 6.45) is -0.262. The van der Waals surface area contributed by atoms with Crippen molar-refractivity contribution in [2.24, 2.45) is 0 Å². The van der Waals surface area contributed by atoms with Gasteiger partial charge in [0.25, 0.3) is 0 Å². The van der Waals surface area contributed by atoms with Crippen LogP contribution in [0.1, 0.15) is 12.0 Å². The van der Waals surface area contributed by atoms with Crippen molar-refractivity contribution in [3.05, 3.63) is 30.1 Å². The number of ether oxygens (including phenoxy) is 1. The summed E-state index contributed by atoms with van der Waals surface area (Å²) in [6, 6.07) is 3.56. The molecule has 0 saturated carbocycles. The van der Waals surface area contributed by atoms with Gasteiger partial charge in [-0.3, -0.25) is 9.78 Å². The van der Waals surface area contributed by atoms with Crippen molar-refractivity contribution in [2.75, 3.05) is 12.8 Å². The minimum Gasteiger partial charge on any atom is -0.388 e. The average Bonchev–Trinajstić information content (AvgIpc) is 2.79. The quantitative estimate of drug-likeness (QED) is 0.447. The summed E-state index contributed by atoms with van der Waals surface area (Å²) in [4.78, 5) is 15.9. The Labute approximate surface area is 140 Å². The van der Waals surface area contributed by atoms with Gasteiger partial charge in [0, 0.05) is 25.5 Å². The van der Waals surface area contributed by atoms with Gasteiger partial charge in [-0.2, -0.15) is 0 Å². The van der Waals surface area contributed by atoms with Gasteiger partial charge in [0.15, 0.2) is 0 Å². The predicted octanol–water partition coefficient (Wildman–Crippen LogP) is -1.87. The molecule has 2 rings (SSSR count). The SMILES string of the molecule is CS(=O)(=O)NC[C@H]1O[C@@H](CC(=O)NCc2cccnc2)[C@H](O)[C@@H]1O. The maximum Gasteiger partial charge on any atom is 0.222 e. The fraction of sp³-hybridized carbons (Fsp3) is 0.571. The highest BCUT2D eigenvalue weighted by Crippen LogP contribution is 2.23. The van der Waals surface area contributed by atoms with Crippen molar-refractivity contribution < 1.29 is 28.2 Å². The molecular formula is C14H21N3O6S. The van der Waals surface area contributed by atoms with Crippen LogP contribution in [0.15, 0.2) is 24.5 Å². The first-order valence-electron chi connectivity index (χ1n) is 7.38. The standard InChI is InChI=1S/C14H21N3O6S/c1-24(21,22)17-8-11-14(20)13(19)10(23-11)5-12(18)16-7-9-3-2-4-15-6-9/h2-4,6,10-11,13-14,17,19-20H,5,7-8H2,1H3,(H,16,18)/t10-,11+,13-,14+/m0/s1. The molecule has 1 aromatic heterocycles. The summed E-state index contributed by atoms with van der Waals surface area (Å²) >= 11 is 0. The third-order valence-corrected chi connectivity index (χ3v) is 4.30. The number of carbonyl (C=O) groups is 1. The van der Waals surface area contributed by atoms with E-state index in [4.69, 9.17) is 4.74 Å². The summed E-state index contributed by atoms with van der Waals surface area (Å²) in [5.74, 6) is -0.355. The molecule has 0 radical (unpaired) electrons. The smallest absolute Gasteiger partial charge is 0.222 e. The summed E-state index contributed by atoms with van der Waals surface area (Å²) < 4.78 is 29.8. The molecule has 134 valence electrons. The molecule has 9 nitrogen and oxygen atoms in total. The van der Waals surface area contributed by atoms with E-state index in [0.29, 0.717) is 0 Å². The number of aromatic nitrogens is 1. The van der Waals surface area contributed by atoms with Gasteiger partial charge >= 0.3 is 0 Å². The lowest BCUT2D eigenvalue weighted by atomic mass is 10.1. The summed E-state index contributed by atoms with van der Waals surface area (Å²) in [6.45, 7) is 0.113. The molecule has 4 atom stereocenters. The van der Waals surface area contributed by atoms with E-state index in [1.807, 2.05) is 6.07 Å². The van der Waals surface area contributed by atoms with Crippen LogP contribution in [0.4, 0.5) is 0 Å². The number of hydrogen-bond acceptors (Lipinski definition) is 7. The van der Waals surface area contributed by atoms with E-state index in [0.717, 1.165) is 11.8 Å². The minimum absolute atomic E-state index is 0.145. The Morgan fingerprint density at radius 2 is 2.04 bits per heavy atom. The molecule has 1 aliphatic rings. The molecule has 1 aliphatic heterocycles. The number of aliphatic hydroxyl groups excluding tert-OH is 2. The van der Waals surface area contributed by atoms with Crippen LogP contribution >= 0.6 is 0 Å². The maximum atomic E-state index is 11.9. The topological polar surface area (TPSA) is 138 Å². The Kier molecular flexibility index (Phi) is 6.24. The van der Waals surface area contributed by atoms with Crippen LogP contribution in [0.3, 0.4) is 0 Å². The molecule has 4 N–H and O–H groups in total. The molecule has 2 heterocycles. The van der Waals surface area contributed by atoms with E-state index in [-0.39, 0.29) is 25.4 Å². The number of pyridine rings is 1. The summed E-state index contributed by atoms with van der Waals surface area (Å²) in [7, 11) is -3.44. The molecule has 1 fully saturated rings. The second kappa shape index (κ2) is 7.99. The Bertz CT molecular complexity index is 654. The van der Waals surface area contributed by atoms with Gasteiger partial charge in [0.1, 0.15) is 18.3 Å². The van der Waals surface area contributed by atoms with Crippen molar-refractivity contribution in [3.63, 3.8) is 0 Å². The molecule has 10 heteroatoms. The van der Waals surface area contributed by atoms with Crippen LogP contribution in [0, 0.1) is 0 Å². The van der Waals surface area contributed by atoms with Crippen LogP contribution in [-0.2, 0) is 26.1 Å². The molecule has 24 heavy (non-hydrogen) atoms. The fourth-order valence-electron chi connectivity index (χ4n) is 2.35. The molecule has 0 spiro atoms. The maximum absolute atomic E-state index is 11.9. The van der Waals surface area contributed by atoms with Crippen LogP contribution in [0.5, 0.6) is 0 Å². The average molecular weight is 359 g/mol. The van der Waals surface area contributed by atoms with Crippen LogP contribution < -0.4 is 10.0 Å². The molecule has 0 aliphatic carbocycles. The van der Waals surface area contributed by atoms with Gasteiger partial charge in [0.2, 0.25) is 15.9 Å². The van der Waals surface area contributed by atoms with Crippen LogP contribution in [0.2, 0.25) is 0 Å².